The Labute approximate surface area is 331 Å². The van der Waals surface area contributed by atoms with E-state index in [9.17, 15) is 18.3 Å². The molecule has 0 spiro atoms. The van der Waals surface area contributed by atoms with Crippen LogP contribution in [0.25, 0.3) is 11.1 Å². The predicted molar refractivity (Wildman–Crippen MR) is 215 cm³/mol. The summed E-state index contributed by atoms with van der Waals surface area (Å²) in [5.74, 6) is -0.574. The van der Waals surface area contributed by atoms with Crippen LogP contribution in [0.5, 0.6) is 0 Å². The molecule has 12 nitrogen and oxygen atoms in total. The lowest BCUT2D eigenvalue weighted by atomic mass is 9.59. The van der Waals surface area contributed by atoms with Gasteiger partial charge in [0.15, 0.2) is 5.69 Å². The van der Waals surface area contributed by atoms with E-state index < -0.39 is 39.4 Å². The van der Waals surface area contributed by atoms with Crippen molar-refractivity contribution in [2.24, 2.45) is 20.7 Å². The first-order valence-electron chi connectivity index (χ1n) is 18.4. The number of carbonyl (C=O) groups is 1. The van der Waals surface area contributed by atoms with E-state index in [0.29, 0.717) is 0 Å². The standard InChI is InChI=1S/C44H42N6O6S/c1-5-55-41(51)39-40(42(2,3)52)45-38(30-56-57(4,53)54)50(39)29-31-25-27-32(28-26-31)36-23-15-16-24-37(36)44(46-48-49-47-44)43(33-17-9-6-10-18-33,34-19-11-7-12-20-34)35-21-13-8-14-22-35/h6-28,52H,5,29-30H2,1-4H3. The van der Waals surface area contributed by atoms with Crippen LogP contribution in [-0.4, -0.2) is 41.9 Å². The van der Waals surface area contributed by atoms with E-state index in [4.69, 9.17) is 19.1 Å². The molecule has 2 heterocycles. The van der Waals surface area contributed by atoms with Gasteiger partial charge in [0, 0.05) is 12.1 Å². The van der Waals surface area contributed by atoms with Crippen molar-refractivity contribution in [3.05, 3.63) is 185 Å². The molecule has 57 heavy (non-hydrogen) atoms. The van der Waals surface area contributed by atoms with Crippen molar-refractivity contribution in [2.75, 3.05) is 12.9 Å². The zero-order valence-corrected chi connectivity index (χ0v) is 32.8. The SMILES string of the molecule is CCOC(=O)c1c(C(C)(C)O)nc(COS(C)(=O)=O)n1Cc1ccc(-c2ccccc2C2(C(c3ccccc3)(c3ccccc3)c3ccccc3)N=NN=N2)cc1. The molecule has 1 aromatic heterocycles. The lowest BCUT2D eigenvalue weighted by Crippen LogP contribution is -2.48. The Morgan fingerprint density at radius 1 is 0.754 bits per heavy atom. The summed E-state index contributed by atoms with van der Waals surface area (Å²) in [6.45, 7) is 4.38. The number of carbonyl (C=O) groups excluding carboxylic acids is 1. The van der Waals surface area contributed by atoms with Gasteiger partial charge >= 0.3 is 5.97 Å². The summed E-state index contributed by atoms with van der Waals surface area (Å²) >= 11 is 0. The molecule has 0 fully saturated rings. The summed E-state index contributed by atoms with van der Waals surface area (Å²) in [6.07, 6.45) is 0.933. The maximum atomic E-state index is 13.4. The number of rotatable bonds is 14. The zero-order valence-electron chi connectivity index (χ0n) is 32.0. The molecular formula is C44H42N6O6S. The molecule has 0 saturated heterocycles. The monoisotopic (exact) mass is 782 g/mol. The molecule has 0 bridgehead atoms. The van der Waals surface area contributed by atoms with E-state index in [-0.39, 0.29) is 30.4 Å². The average Bonchev–Trinajstić information content (AvgIpc) is 3.86. The number of aliphatic hydroxyl groups is 1. The summed E-state index contributed by atoms with van der Waals surface area (Å²) < 4.78 is 36.0. The molecule has 0 amide bonds. The van der Waals surface area contributed by atoms with Crippen molar-refractivity contribution in [1.82, 2.24) is 9.55 Å². The van der Waals surface area contributed by atoms with Crippen LogP contribution in [0.15, 0.2) is 160 Å². The number of benzene rings is 5. The highest BCUT2D eigenvalue weighted by Crippen LogP contribution is 2.58. The van der Waals surface area contributed by atoms with Crippen LogP contribution in [0.1, 0.15) is 70.6 Å². The Morgan fingerprint density at radius 3 is 1.75 bits per heavy atom. The van der Waals surface area contributed by atoms with Gasteiger partial charge in [0.1, 0.15) is 23.7 Å². The van der Waals surface area contributed by atoms with Crippen molar-refractivity contribution in [3.63, 3.8) is 0 Å². The predicted octanol–water partition coefficient (Wildman–Crippen LogP) is 8.50. The number of nitrogens with zero attached hydrogens (tertiary/aromatic N) is 6. The third-order valence-electron chi connectivity index (χ3n) is 9.97. The maximum Gasteiger partial charge on any atom is 0.357 e. The molecule has 1 aliphatic rings. The molecule has 290 valence electrons. The molecule has 0 radical (unpaired) electrons. The average molecular weight is 783 g/mol. The van der Waals surface area contributed by atoms with Gasteiger partial charge in [0.2, 0.25) is 5.66 Å². The summed E-state index contributed by atoms with van der Waals surface area (Å²) in [4.78, 5) is 17.9. The number of hydrogen-bond acceptors (Lipinski definition) is 11. The van der Waals surface area contributed by atoms with Gasteiger partial charge in [-0.05, 0) is 64.6 Å². The Morgan fingerprint density at radius 2 is 1.26 bits per heavy atom. The fourth-order valence-electron chi connectivity index (χ4n) is 7.60. The maximum absolute atomic E-state index is 13.4. The van der Waals surface area contributed by atoms with Crippen LogP contribution < -0.4 is 0 Å². The Hall–Kier alpha value is -6.15. The fourth-order valence-corrected chi connectivity index (χ4v) is 7.92. The molecule has 0 saturated carbocycles. The number of hydrogen-bond donors (Lipinski definition) is 1. The van der Waals surface area contributed by atoms with Crippen molar-refractivity contribution < 1.29 is 27.2 Å². The second-order valence-electron chi connectivity index (χ2n) is 14.2. The topological polar surface area (TPSA) is 157 Å². The molecular weight excluding hydrogens is 741 g/mol. The van der Waals surface area contributed by atoms with Gasteiger partial charge in [-0.1, -0.05) is 140 Å². The van der Waals surface area contributed by atoms with Gasteiger partial charge < -0.3 is 14.4 Å². The van der Waals surface area contributed by atoms with E-state index in [1.165, 1.54) is 18.4 Å². The quantitative estimate of drug-likeness (QED) is 0.0660. The van der Waals surface area contributed by atoms with Crippen LogP contribution in [0.4, 0.5) is 0 Å². The summed E-state index contributed by atoms with van der Waals surface area (Å²) in [5, 5.41) is 29.4. The highest BCUT2D eigenvalue weighted by molar-refractivity contribution is 7.85. The van der Waals surface area contributed by atoms with E-state index in [2.05, 4.69) is 51.8 Å². The van der Waals surface area contributed by atoms with Crippen molar-refractivity contribution in [3.8, 4) is 11.1 Å². The van der Waals surface area contributed by atoms with Crippen LogP contribution in [0.2, 0.25) is 0 Å². The van der Waals surface area contributed by atoms with Gasteiger partial charge in [0.05, 0.1) is 18.3 Å². The van der Waals surface area contributed by atoms with Crippen LogP contribution >= 0.6 is 0 Å². The van der Waals surface area contributed by atoms with Crippen LogP contribution in [0.3, 0.4) is 0 Å². The zero-order chi connectivity index (χ0) is 40.3. The van der Waals surface area contributed by atoms with E-state index in [1.807, 2.05) is 103 Å². The fraction of sp³-hybridized carbons (Fsp3) is 0.227. The van der Waals surface area contributed by atoms with Crippen LogP contribution in [0, 0.1) is 0 Å². The van der Waals surface area contributed by atoms with E-state index >= 15 is 0 Å². The van der Waals surface area contributed by atoms with Crippen molar-refractivity contribution in [2.45, 2.75) is 50.6 Å². The van der Waals surface area contributed by atoms with E-state index in [1.54, 1.807) is 6.92 Å². The number of esters is 1. The molecule has 6 aromatic rings. The minimum absolute atomic E-state index is 0.00356. The molecule has 13 heteroatoms. The largest absolute Gasteiger partial charge is 0.461 e. The summed E-state index contributed by atoms with van der Waals surface area (Å²) in [5.41, 5.74) is 2.15. The van der Waals surface area contributed by atoms with Gasteiger partial charge in [0.25, 0.3) is 10.1 Å². The molecule has 5 aromatic carbocycles. The molecule has 1 aliphatic heterocycles. The minimum atomic E-state index is -3.86. The Balaban J connectivity index is 1.38. The summed E-state index contributed by atoms with van der Waals surface area (Å²) in [6, 6.07) is 46.2. The van der Waals surface area contributed by atoms with Gasteiger partial charge in [-0.2, -0.15) is 8.42 Å². The highest BCUT2D eigenvalue weighted by atomic mass is 32.2. The molecule has 0 atom stereocenters. The normalized spacial score (nSPS) is 13.8. The van der Waals surface area contributed by atoms with Gasteiger partial charge in [-0.3, -0.25) is 4.18 Å². The Bertz CT molecular complexity index is 2430. The van der Waals surface area contributed by atoms with E-state index in [0.717, 1.165) is 45.2 Å². The second kappa shape index (κ2) is 15.8. The highest BCUT2D eigenvalue weighted by Gasteiger charge is 2.60. The molecule has 7 rings (SSSR count). The third-order valence-corrected chi connectivity index (χ3v) is 10.5. The molecule has 0 aliphatic carbocycles. The Kier molecular flexibility index (Phi) is 10.8. The second-order valence-corrected chi connectivity index (χ2v) is 15.8. The minimum Gasteiger partial charge on any atom is -0.461 e. The molecule has 1 N–H and O–H groups in total. The number of aromatic nitrogens is 2. The number of imidazole rings is 1. The lowest BCUT2D eigenvalue weighted by molar-refractivity contribution is 0.0469. The van der Waals surface area contributed by atoms with Gasteiger partial charge in [-0.15, -0.1) is 10.2 Å². The van der Waals surface area contributed by atoms with Gasteiger partial charge in [-0.25, -0.2) is 9.78 Å². The first-order chi connectivity index (χ1) is 27.4. The smallest absolute Gasteiger partial charge is 0.357 e. The molecule has 0 unspecified atom stereocenters. The lowest BCUT2D eigenvalue weighted by Gasteiger charge is -2.45. The third kappa shape index (κ3) is 7.44. The van der Waals surface area contributed by atoms with Crippen molar-refractivity contribution in [1.29, 1.82) is 0 Å². The first-order valence-corrected chi connectivity index (χ1v) is 20.2. The number of ether oxygens (including phenoxy) is 1. The summed E-state index contributed by atoms with van der Waals surface area (Å²) in [7, 11) is -3.86. The van der Waals surface area contributed by atoms with Crippen molar-refractivity contribution >= 4 is 16.1 Å². The first kappa shape index (κ1) is 39.1. The van der Waals surface area contributed by atoms with Crippen LogP contribution in [-0.2, 0) is 48.9 Å².